The molecular weight excluding hydrogens is 354 g/mol. The summed E-state index contributed by atoms with van der Waals surface area (Å²) >= 11 is 0. The SMILES string of the molecule is Cc1cc(NC(=O)[C@@H]2CCCN2C(=O)c2cccc(-c3ccccc3)c2)no1. The molecule has 1 aliphatic heterocycles. The first-order valence-electron chi connectivity index (χ1n) is 9.32. The molecule has 142 valence electrons. The van der Waals surface area contributed by atoms with Crippen LogP contribution in [0.1, 0.15) is 29.0 Å². The van der Waals surface area contributed by atoms with E-state index in [9.17, 15) is 9.59 Å². The van der Waals surface area contributed by atoms with Crippen molar-refractivity contribution in [1.29, 1.82) is 0 Å². The largest absolute Gasteiger partial charge is 0.360 e. The summed E-state index contributed by atoms with van der Waals surface area (Å²) in [4.78, 5) is 27.4. The first-order valence-corrected chi connectivity index (χ1v) is 9.32. The summed E-state index contributed by atoms with van der Waals surface area (Å²) in [5.74, 6) is 0.616. The number of hydrogen-bond donors (Lipinski definition) is 1. The number of nitrogens with one attached hydrogen (secondary N) is 1. The molecule has 2 heterocycles. The highest BCUT2D eigenvalue weighted by Crippen LogP contribution is 2.25. The number of amides is 2. The molecule has 0 unspecified atom stereocenters. The van der Waals surface area contributed by atoms with Crippen molar-refractivity contribution in [2.75, 3.05) is 11.9 Å². The minimum atomic E-state index is -0.509. The van der Waals surface area contributed by atoms with Gasteiger partial charge in [0.05, 0.1) is 0 Å². The Bertz CT molecular complexity index is 997. The Hall–Kier alpha value is -3.41. The standard InChI is InChI=1S/C22H21N3O3/c1-15-13-20(24-28-15)23-21(26)19-11-6-12-25(19)22(27)18-10-5-9-17(14-18)16-7-3-2-4-8-16/h2-5,7-10,13-14,19H,6,11-12H2,1H3,(H,23,24,26)/t19-/m0/s1. The Labute approximate surface area is 163 Å². The van der Waals surface area contributed by atoms with Gasteiger partial charge in [0.1, 0.15) is 11.8 Å². The second kappa shape index (κ2) is 7.68. The van der Waals surface area contributed by atoms with Crippen LogP contribution in [0.5, 0.6) is 0 Å². The minimum absolute atomic E-state index is 0.133. The van der Waals surface area contributed by atoms with Gasteiger partial charge in [-0.2, -0.15) is 0 Å². The van der Waals surface area contributed by atoms with Gasteiger partial charge < -0.3 is 14.7 Å². The molecular formula is C22H21N3O3. The molecule has 2 aromatic carbocycles. The molecule has 1 aliphatic rings. The van der Waals surface area contributed by atoms with Crippen LogP contribution < -0.4 is 5.32 Å². The number of carbonyl (C=O) groups is 2. The summed E-state index contributed by atoms with van der Waals surface area (Å²) in [6.07, 6.45) is 1.42. The van der Waals surface area contributed by atoms with Crippen LogP contribution in [0.4, 0.5) is 5.82 Å². The van der Waals surface area contributed by atoms with Crippen LogP contribution in [0, 0.1) is 6.92 Å². The van der Waals surface area contributed by atoms with Crippen molar-refractivity contribution in [3.63, 3.8) is 0 Å². The van der Waals surface area contributed by atoms with Crippen molar-refractivity contribution in [2.45, 2.75) is 25.8 Å². The summed E-state index contributed by atoms with van der Waals surface area (Å²) in [7, 11) is 0. The number of anilines is 1. The molecule has 0 bridgehead atoms. The Morgan fingerprint density at radius 1 is 1.07 bits per heavy atom. The van der Waals surface area contributed by atoms with E-state index in [1.807, 2.05) is 48.5 Å². The van der Waals surface area contributed by atoms with Gasteiger partial charge in [-0.05, 0) is 43.0 Å². The lowest BCUT2D eigenvalue weighted by atomic mass is 10.0. The van der Waals surface area contributed by atoms with Crippen molar-refractivity contribution in [2.24, 2.45) is 0 Å². The zero-order valence-corrected chi connectivity index (χ0v) is 15.6. The van der Waals surface area contributed by atoms with Crippen molar-refractivity contribution in [3.8, 4) is 11.1 Å². The summed E-state index contributed by atoms with van der Waals surface area (Å²) in [5, 5.41) is 6.53. The van der Waals surface area contributed by atoms with Crippen LogP contribution in [0.15, 0.2) is 65.2 Å². The van der Waals surface area contributed by atoms with Crippen LogP contribution >= 0.6 is 0 Å². The molecule has 4 rings (SSSR count). The van der Waals surface area contributed by atoms with Crippen LogP contribution in [-0.2, 0) is 4.79 Å². The number of carbonyl (C=O) groups excluding carboxylic acids is 2. The van der Waals surface area contributed by atoms with E-state index in [2.05, 4.69) is 10.5 Å². The number of nitrogens with zero attached hydrogens (tertiary/aromatic N) is 2. The monoisotopic (exact) mass is 375 g/mol. The average molecular weight is 375 g/mol. The molecule has 1 atom stereocenters. The number of hydrogen-bond acceptors (Lipinski definition) is 4. The van der Waals surface area contributed by atoms with E-state index in [1.165, 1.54) is 0 Å². The lowest BCUT2D eigenvalue weighted by Gasteiger charge is -2.23. The maximum atomic E-state index is 13.1. The number of aryl methyl sites for hydroxylation is 1. The first kappa shape index (κ1) is 18.0. The number of benzene rings is 2. The van der Waals surface area contributed by atoms with Gasteiger partial charge in [-0.3, -0.25) is 9.59 Å². The van der Waals surface area contributed by atoms with Crippen LogP contribution in [0.3, 0.4) is 0 Å². The Kier molecular flexibility index (Phi) is 4.93. The van der Waals surface area contributed by atoms with E-state index in [-0.39, 0.29) is 11.8 Å². The van der Waals surface area contributed by atoms with Crippen molar-refractivity contribution >= 4 is 17.6 Å². The molecule has 0 saturated carbocycles. The maximum absolute atomic E-state index is 13.1. The van der Waals surface area contributed by atoms with Crippen molar-refractivity contribution in [1.82, 2.24) is 10.1 Å². The zero-order chi connectivity index (χ0) is 19.5. The topological polar surface area (TPSA) is 75.4 Å². The Morgan fingerprint density at radius 3 is 2.61 bits per heavy atom. The van der Waals surface area contributed by atoms with Crippen molar-refractivity contribution in [3.05, 3.63) is 72.0 Å². The van der Waals surface area contributed by atoms with E-state index in [0.29, 0.717) is 30.1 Å². The number of likely N-dealkylation sites (tertiary alicyclic amines) is 1. The van der Waals surface area contributed by atoms with E-state index in [4.69, 9.17) is 4.52 Å². The molecule has 6 heteroatoms. The zero-order valence-electron chi connectivity index (χ0n) is 15.6. The highest BCUT2D eigenvalue weighted by molar-refractivity contribution is 6.01. The first-order chi connectivity index (χ1) is 13.6. The summed E-state index contributed by atoms with van der Waals surface area (Å²) in [5.41, 5.74) is 2.61. The van der Waals surface area contributed by atoms with E-state index in [0.717, 1.165) is 17.5 Å². The molecule has 1 saturated heterocycles. The molecule has 0 aliphatic carbocycles. The van der Waals surface area contributed by atoms with Gasteiger partial charge in [0.15, 0.2) is 5.82 Å². The third-order valence-electron chi connectivity index (χ3n) is 4.91. The van der Waals surface area contributed by atoms with Gasteiger partial charge in [-0.1, -0.05) is 47.6 Å². The lowest BCUT2D eigenvalue weighted by Crippen LogP contribution is -2.43. The predicted molar refractivity (Wildman–Crippen MR) is 106 cm³/mol. The molecule has 3 aromatic rings. The molecule has 0 radical (unpaired) electrons. The molecule has 1 N–H and O–H groups in total. The van der Waals surface area contributed by atoms with Gasteiger partial charge in [0, 0.05) is 18.2 Å². The molecule has 1 aromatic heterocycles. The third kappa shape index (κ3) is 3.67. The van der Waals surface area contributed by atoms with Gasteiger partial charge in [-0.25, -0.2) is 0 Å². The van der Waals surface area contributed by atoms with E-state index in [1.54, 1.807) is 24.0 Å². The van der Waals surface area contributed by atoms with Crippen LogP contribution in [-0.4, -0.2) is 34.5 Å². The van der Waals surface area contributed by atoms with E-state index >= 15 is 0 Å². The third-order valence-corrected chi connectivity index (χ3v) is 4.91. The highest BCUT2D eigenvalue weighted by Gasteiger charge is 2.35. The van der Waals surface area contributed by atoms with Gasteiger partial charge in [-0.15, -0.1) is 0 Å². The highest BCUT2D eigenvalue weighted by atomic mass is 16.5. The molecule has 0 spiro atoms. The summed E-state index contributed by atoms with van der Waals surface area (Å²) in [6.45, 7) is 2.32. The van der Waals surface area contributed by atoms with E-state index < -0.39 is 6.04 Å². The molecule has 2 amide bonds. The van der Waals surface area contributed by atoms with Gasteiger partial charge >= 0.3 is 0 Å². The van der Waals surface area contributed by atoms with Crippen molar-refractivity contribution < 1.29 is 14.1 Å². The molecule has 28 heavy (non-hydrogen) atoms. The fraction of sp³-hybridized carbons (Fsp3) is 0.227. The second-order valence-corrected chi connectivity index (χ2v) is 6.92. The van der Waals surface area contributed by atoms with Gasteiger partial charge in [0.25, 0.3) is 5.91 Å². The Balaban J connectivity index is 1.53. The Morgan fingerprint density at radius 2 is 1.86 bits per heavy atom. The minimum Gasteiger partial charge on any atom is -0.360 e. The fourth-order valence-corrected chi connectivity index (χ4v) is 3.55. The van der Waals surface area contributed by atoms with Crippen LogP contribution in [0.25, 0.3) is 11.1 Å². The molecule has 1 fully saturated rings. The normalized spacial score (nSPS) is 16.2. The summed E-state index contributed by atoms with van der Waals surface area (Å²) in [6, 6.07) is 18.6. The number of aromatic nitrogens is 1. The lowest BCUT2D eigenvalue weighted by molar-refractivity contribution is -0.119. The molecule has 6 nitrogen and oxygen atoms in total. The summed E-state index contributed by atoms with van der Waals surface area (Å²) < 4.78 is 4.98. The maximum Gasteiger partial charge on any atom is 0.254 e. The smallest absolute Gasteiger partial charge is 0.254 e. The average Bonchev–Trinajstić information content (AvgIpc) is 3.37. The second-order valence-electron chi connectivity index (χ2n) is 6.92. The predicted octanol–water partition coefficient (Wildman–Crippen LogP) is 3.89. The fourth-order valence-electron chi connectivity index (χ4n) is 3.55. The van der Waals surface area contributed by atoms with Gasteiger partial charge in [0.2, 0.25) is 5.91 Å². The quantitative estimate of drug-likeness (QED) is 0.751. The number of rotatable bonds is 4. The van der Waals surface area contributed by atoms with Crippen LogP contribution in [0.2, 0.25) is 0 Å².